The van der Waals surface area contributed by atoms with Crippen LogP contribution in [0.4, 0.5) is 0 Å². The third kappa shape index (κ3) is 5.47. The second kappa shape index (κ2) is 10.5. The third-order valence-corrected chi connectivity index (χ3v) is 3.89. The predicted molar refractivity (Wildman–Crippen MR) is 92.9 cm³/mol. The van der Waals surface area contributed by atoms with Gasteiger partial charge < -0.3 is 29.2 Å². The van der Waals surface area contributed by atoms with Gasteiger partial charge in [-0.15, -0.1) is 13.2 Å². The molecular weight excluding hydrogens is 324 g/mol. The van der Waals surface area contributed by atoms with Crippen molar-refractivity contribution in [2.45, 2.75) is 37.3 Å². The van der Waals surface area contributed by atoms with Gasteiger partial charge in [-0.2, -0.15) is 0 Å². The first-order valence-electron chi connectivity index (χ1n) is 8.26. The van der Waals surface area contributed by atoms with Crippen LogP contribution in [-0.4, -0.2) is 60.7 Å². The van der Waals surface area contributed by atoms with Crippen LogP contribution in [0.25, 0.3) is 0 Å². The first-order valence-corrected chi connectivity index (χ1v) is 8.26. The molecule has 138 valence electrons. The normalized spacial score (nSPS) is 29.3. The number of hydrogen-bond donors (Lipinski definition) is 2. The highest BCUT2D eigenvalue weighted by atomic mass is 16.7. The third-order valence-electron chi connectivity index (χ3n) is 3.89. The van der Waals surface area contributed by atoms with E-state index in [2.05, 4.69) is 13.2 Å². The number of aliphatic hydroxyl groups excluding tert-OH is 2. The van der Waals surface area contributed by atoms with E-state index in [1.807, 2.05) is 30.3 Å². The van der Waals surface area contributed by atoms with Crippen LogP contribution >= 0.6 is 0 Å². The molecule has 5 atom stereocenters. The molecule has 1 aromatic carbocycles. The first kappa shape index (κ1) is 19.8. The van der Waals surface area contributed by atoms with Crippen molar-refractivity contribution in [1.82, 2.24) is 0 Å². The Morgan fingerprint density at radius 2 is 1.60 bits per heavy atom. The molecule has 1 heterocycles. The zero-order chi connectivity index (χ0) is 18.1. The van der Waals surface area contributed by atoms with Crippen LogP contribution in [-0.2, 0) is 25.6 Å². The highest BCUT2D eigenvalue weighted by Gasteiger charge is 2.47. The van der Waals surface area contributed by atoms with Crippen molar-refractivity contribution in [3.05, 3.63) is 61.2 Å². The molecule has 0 radical (unpaired) electrons. The fourth-order valence-corrected chi connectivity index (χ4v) is 2.74. The Kier molecular flexibility index (Phi) is 8.27. The maximum atomic E-state index is 10.3. The number of hydrogen-bond acceptors (Lipinski definition) is 6. The van der Waals surface area contributed by atoms with Crippen LogP contribution < -0.4 is 0 Å². The molecule has 1 aromatic rings. The van der Waals surface area contributed by atoms with Crippen LogP contribution in [0.15, 0.2) is 55.6 Å². The summed E-state index contributed by atoms with van der Waals surface area (Å²) >= 11 is 0. The molecule has 1 aliphatic heterocycles. The van der Waals surface area contributed by atoms with Crippen LogP contribution in [0.2, 0.25) is 0 Å². The molecule has 0 bridgehead atoms. The summed E-state index contributed by atoms with van der Waals surface area (Å²) in [6, 6.07) is 9.66. The second-order valence-corrected chi connectivity index (χ2v) is 5.68. The maximum absolute atomic E-state index is 10.3. The Morgan fingerprint density at radius 3 is 2.20 bits per heavy atom. The molecule has 2 rings (SSSR count). The largest absolute Gasteiger partial charge is 0.394 e. The van der Waals surface area contributed by atoms with Crippen molar-refractivity contribution >= 4 is 0 Å². The minimum absolute atomic E-state index is 0.230. The average molecular weight is 350 g/mol. The van der Waals surface area contributed by atoms with Crippen molar-refractivity contribution in [3.63, 3.8) is 0 Å². The lowest BCUT2D eigenvalue weighted by Crippen LogP contribution is -2.61. The molecule has 0 amide bonds. The summed E-state index contributed by atoms with van der Waals surface area (Å²) in [5.41, 5.74) is 0.981. The zero-order valence-corrected chi connectivity index (χ0v) is 14.2. The van der Waals surface area contributed by atoms with E-state index >= 15 is 0 Å². The van der Waals surface area contributed by atoms with Gasteiger partial charge in [-0.1, -0.05) is 42.5 Å². The predicted octanol–water partition coefficient (Wildman–Crippen LogP) is 1.42. The van der Waals surface area contributed by atoms with Gasteiger partial charge in [0.15, 0.2) is 6.29 Å². The Balaban J connectivity index is 2.17. The fraction of sp³-hybridized carbons (Fsp3) is 0.474. The molecule has 0 aliphatic carbocycles. The monoisotopic (exact) mass is 350 g/mol. The molecule has 25 heavy (non-hydrogen) atoms. The molecule has 0 spiro atoms. The van der Waals surface area contributed by atoms with E-state index in [0.717, 1.165) is 5.56 Å². The van der Waals surface area contributed by atoms with E-state index in [0.29, 0.717) is 6.61 Å². The molecule has 1 aliphatic rings. The van der Waals surface area contributed by atoms with Crippen molar-refractivity contribution in [3.8, 4) is 0 Å². The molecule has 1 unspecified atom stereocenters. The minimum Gasteiger partial charge on any atom is -0.394 e. The molecule has 1 fully saturated rings. The molecule has 0 saturated carbocycles. The van der Waals surface area contributed by atoms with Crippen molar-refractivity contribution < 1.29 is 29.2 Å². The highest BCUT2D eigenvalue weighted by molar-refractivity contribution is 5.13. The van der Waals surface area contributed by atoms with Gasteiger partial charge in [0.25, 0.3) is 0 Å². The number of rotatable bonds is 10. The number of aliphatic hydroxyl groups is 2. The van der Waals surface area contributed by atoms with Gasteiger partial charge in [0.1, 0.15) is 24.4 Å². The lowest BCUT2D eigenvalue weighted by Gasteiger charge is -2.43. The van der Waals surface area contributed by atoms with Gasteiger partial charge >= 0.3 is 0 Å². The number of ether oxygens (including phenoxy) is 4. The summed E-state index contributed by atoms with van der Waals surface area (Å²) in [6.45, 7) is 7.76. The van der Waals surface area contributed by atoms with Gasteiger partial charge in [-0.25, -0.2) is 0 Å². The summed E-state index contributed by atoms with van der Waals surface area (Å²) in [6.07, 6.45) is -0.766. The topological polar surface area (TPSA) is 77.4 Å². The van der Waals surface area contributed by atoms with Gasteiger partial charge in [0.2, 0.25) is 0 Å². The summed E-state index contributed by atoms with van der Waals surface area (Å²) in [5, 5.41) is 19.8. The maximum Gasteiger partial charge on any atom is 0.184 e. The van der Waals surface area contributed by atoms with E-state index in [1.54, 1.807) is 12.2 Å². The standard InChI is InChI=1S/C19H26O6/c1-3-10-22-16-15(12-20)25-19(21)18(23-11-4-2)17(16)24-13-14-8-6-5-7-9-14/h3-9,15-21H,1-2,10-13H2/t15-,16-,17+,18-,19?/m1/s1. The van der Waals surface area contributed by atoms with E-state index in [4.69, 9.17) is 18.9 Å². The van der Waals surface area contributed by atoms with Gasteiger partial charge in [0, 0.05) is 0 Å². The van der Waals surface area contributed by atoms with E-state index in [9.17, 15) is 10.2 Å². The smallest absolute Gasteiger partial charge is 0.184 e. The lowest BCUT2D eigenvalue weighted by atomic mass is 9.98. The van der Waals surface area contributed by atoms with Gasteiger partial charge in [0.05, 0.1) is 26.4 Å². The van der Waals surface area contributed by atoms with Crippen molar-refractivity contribution in [2.75, 3.05) is 19.8 Å². The molecule has 2 N–H and O–H groups in total. The van der Waals surface area contributed by atoms with Crippen LogP contribution in [0.1, 0.15) is 5.56 Å². The lowest BCUT2D eigenvalue weighted by molar-refractivity contribution is -0.309. The molecule has 6 heteroatoms. The fourth-order valence-electron chi connectivity index (χ4n) is 2.74. The van der Waals surface area contributed by atoms with Crippen molar-refractivity contribution in [1.29, 1.82) is 0 Å². The summed E-state index contributed by atoms with van der Waals surface area (Å²) in [5.74, 6) is 0. The van der Waals surface area contributed by atoms with Crippen LogP contribution in [0.5, 0.6) is 0 Å². The Morgan fingerprint density at radius 1 is 0.960 bits per heavy atom. The number of benzene rings is 1. The van der Waals surface area contributed by atoms with Crippen molar-refractivity contribution in [2.24, 2.45) is 0 Å². The molecular formula is C19H26O6. The summed E-state index contributed by atoms with van der Waals surface area (Å²) in [4.78, 5) is 0. The van der Waals surface area contributed by atoms with Gasteiger partial charge in [-0.3, -0.25) is 0 Å². The molecule has 6 nitrogen and oxygen atoms in total. The van der Waals surface area contributed by atoms with E-state index < -0.39 is 30.7 Å². The Hall–Kier alpha value is -1.54. The molecule has 0 aromatic heterocycles. The summed E-state index contributed by atoms with van der Waals surface area (Å²) in [7, 11) is 0. The Bertz CT molecular complexity index is 520. The highest BCUT2D eigenvalue weighted by Crippen LogP contribution is 2.28. The quantitative estimate of drug-likeness (QED) is 0.622. The van der Waals surface area contributed by atoms with Gasteiger partial charge in [-0.05, 0) is 5.56 Å². The SMILES string of the molecule is C=CCO[C@H]1[C@H](OCc2ccccc2)[C@@H](OCC=C)C(O)O[C@@H]1CO. The zero-order valence-electron chi connectivity index (χ0n) is 14.2. The molecule has 1 saturated heterocycles. The minimum atomic E-state index is -1.23. The van der Waals surface area contributed by atoms with Crippen LogP contribution in [0, 0.1) is 0 Å². The second-order valence-electron chi connectivity index (χ2n) is 5.68. The Labute approximate surface area is 148 Å². The van der Waals surface area contributed by atoms with E-state index in [1.165, 1.54) is 0 Å². The first-order chi connectivity index (χ1) is 12.2. The van der Waals surface area contributed by atoms with E-state index in [-0.39, 0.29) is 19.8 Å². The van der Waals surface area contributed by atoms with Crippen LogP contribution in [0.3, 0.4) is 0 Å². The average Bonchev–Trinajstić information content (AvgIpc) is 2.64. The summed E-state index contributed by atoms with van der Waals surface area (Å²) < 4.78 is 22.9.